The van der Waals surface area contributed by atoms with Crippen molar-refractivity contribution >= 4 is 0 Å². The van der Waals surface area contributed by atoms with Crippen molar-refractivity contribution < 1.29 is 4.74 Å². The molecule has 4 heterocycles. The number of aromatic nitrogens is 5. The van der Waals surface area contributed by atoms with E-state index < -0.39 is 0 Å². The van der Waals surface area contributed by atoms with Gasteiger partial charge in [0.25, 0.3) is 0 Å². The van der Waals surface area contributed by atoms with E-state index in [4.69, 9.17) is 4.74 Å². The first-order valence-electron chi connectivity index (χ1n) is 9.30. The fourth-order valence-corrected chi connectivity index (χ4v) is 3.36. The molecule has 0 bridgehead atoms. The van der Waals surface area contributed by atoms with Crippen LogP contribution in [0.4, 0.5) is 0 Å². The lowest BCUT2D eigenvalue weighted by molar-refractivity contribution is 0.0364. The lowest BCUT2D eigenvalue weighted by atomic mass is 10.1. The molecule has 3 aromatic heterocycles. The highest BCUT2D eigenvalue weighted by Gasteiger charge is 2.16. The second kappa shape index (κ2) is 7.94. The molecule has 1 aliphatic rings. The average molecular weight is 364 g/mol. The molecule has 0 aromatic carbocycles. The van der Waals surface area contributed by atoms with Gasteiger partial charge >= 0.3 is 0 Å². The Morgan fingerprint density at radius 3 is 2.44 bits per heavy atom. The van der Waals surface area contributed by atoms with Crippen LogP contribution in [0.3, 0.4) is 0 Å². The summed E-state index contributed by atoms with van der Waals surface area (Å²) >= 11 is 0. The third-order valence-electron chi connectivity index (χ3n) is 4.90. The molecule has 3 aromatic rings. The number of aryl methyl sites for hydroxylation is 2. The van der Waals surface area contributed by atoms with E-state index in [2.05, 4.69) is 41.8 Å². The molecule has 1 saturated heterocycles. The molecule has 0 unspecified atom stereocenters. The SMILES string of the molecule is Cc1cc(-c2ccnc(-c3nnc(C)n3CCN3CCOCC3)c2)ccn1. The Hall–Kier alpha value is -2.64. The maximum absolute atomic E-state index is 5.43. The third-order valence-corrected chi connectivity index (χ3v) is 4.90. The fourth-order valence-electron chi connectivity index (χ4n) is 3.36. The zero-order valence-electron chi connectivity index (χ0n) is 15.8. The summed E-state index contributed by atoms with van der Waals surface area (Å²) in [5, 5.41) is 8.69. The van der Waals surface area contributed by atoms with Gasteiger partial charge in [0.2, 0.25) is 0 Å². The van der Waals surface area contributed by atoms with Crippen LogP contribution in [-0.2, 0) is 11.3 Å². The molecule has 7 heteroatoms. The van der Waals surface area contributed by atoms with Gasteiger partial charge in [-0.1, -0.05) is 0 Å². The first-order valence-corrected chi connectivity index (χ1v) is 9.30. The van der Waals surface area contributed by atoms with Crippen molar-refractivity contribution in [1.82, 2.24) is 29.6 Å². The molecule has 1 fully saturated rings. The van der Waals surface area contributed by atoms with Crippen LogP contribution in [0.25, 0.3) is 22.6 Å². The van der Waals surface area contributed by atoms with Crippen LogP contribution in [0.1, 0.15) is 11.5 Å². The molecule has 0 atom stereocenters. The molecular weight excluding hydrogens is 340 g/mol. The van der Waals surface area contributed by atoms with Gasteiger partial charge in [0.05, 0.1) is 13.2 Å². The van der Waals surface area contributed by atoms with Crippen LogP contribution in [0.5, 0.6) is 0 Å². The predicted molar refractivity (Wildman–Crippen MR) is 103 cm³/mol. The molecule has 0 amide bonds. The quantitative estimate of drug-likeness (QED) is 0.692. The maximum Gasteiger partial charge on any atom is 0.182 e. The van der Waals surface area contributed by atoms with Crippen molar-refractivity contribution in [3.05, 3.63) is 48.2 Å². The number of hydrogen-bond donors (Lipinski definition) is 0. The van der Waals surface area contributed by atoms with E-state index in [1.54, 1.807) is 0 Å². The Bertz CT molecular complexity index is 916. The van der Waals surface area contributed by atoms with Gasteiger partial charge < -0.3 is 9.30 Å². The standard InChI is InChI=1S/C20H24N6O/c1-15-13-17(3-5-21-15)18-4-6-22-19(14-18)20-24-23-16(2)26(20)8-7-25-9-11-27-12-10-25/h3-6,13-14H,7-12H2,1-2H3. The van der Waals surface area contributed by atoms with Crippen molar-refractivity contribution in [3.63, 3.8) is 0 Å². The van der Waals surface area contributed by atoms with E-state index in [1.807, 2.05) is 38.4 Å². The number of morpholine rings is 1. The highest BCUT2D eigenvalue weighted by Crippen LogP contribution is 2.24. The van der Waals surface area contributed by atoms with Crippen molar-refractivity contribution in [2.24, 2.45) is 0 Å². The Morgan fingerprint density at radius 1 is 0.926 bits per heavy atom. The number of nitrogens with zero attached hydrogens (tertiary/aromatic N) is 6. The van der Waals surface area contributed by atoms with Crippen LogP contribution < -0.4 is 0 Å². The zero-order chi connectivity index (χ0) is 18.6. The third kappa shape index (κ3) is 4.04. The normalized spacial score (nSPS) is 15.2. The van der Waals surface area contributed by atoms with E-state index >= 15 is 0 Å². The van der Waals surface area contributed by atoms with Crippen molar-refractivity contribution in [1.29, 1.82) is 0 Å². The second-order valence-corrected chi connectivity index (χ2v) is 6.79. The van der Waals surface area contributed by atoms with Crippen molar-refractivity contribution in [2.75, 3.05) is 32.8 Å². The van der Waals surface area contributed by atoms with Gasteiger partial charge in [0, 0.05) is 44.3 Å². The smallest absolute Gasteiger partial charge is 0.182 e. The van der Waals surface area contributed by atoms with Gasteiger partial charge in [0.1, 0.15) is 11.5 Å². The fraction of sp³-hybridized carbons (Fsp3) is 0.400. The summed E-state index contributed by atoms with van der Waals surface area (Å²) in [4.78, 5) is 11.2. The zero-order valence-corrected chi connectivity index (χ0v) is 15.8. The number of pyridine rings is 2. The van der Waals surface area contributed by atoms with Gasteiger partial charge in [-0.15, -0.1) is 10.2 Å². The van der Waals surface area contributed by atoms with Crippen LogP contribution in [0, 0.1) is 13.8 Å². The average Bonchev–Trinajstić information content (AvgIpc) is 3.08. The summed E-state index contributed by atoms with van der Waals surface area (Å²) < 4.78 is 7.58. The summed E-state index contributed by atoms with van der Waals surface area (Å²) in [6.45, 7) is 9.36. The first kappa shape index (κ1) is 17.8. The van der Waals surface area contributed by atoms with E-state index in [9.17, 15) is 0 Å². The van der Waals surface area contributed by atoms with E-state index in [1.165, 1.54) is 0 Å². The minimum atomic E-state index is 0.809. The topological polar surface area (TPSA) is 69.0 Å². The molecule has 0 saturated carbocycles. The summed E-state index contributed by atoms with van der Waals surface area (Å²) in [7, 11) is 0. The largest absolute Gasteiger partial charge is 0.379 e. The molecule has 4 rings (SSSR count). The first-order chi connectivity index (χ1) is 13.2. The van der Waals surface area contributed by atoms with E-state index in [-0.39, 0.29) is 0 Å². The summed E-state index contributed by atoms with van der Waals surface area (Å²) in [5.74, 6) is 1.72. The molecule has 0 N–H and O–H groups in total. The van der Waals surface area contributed by atoms with Crippen molar-refractivity contribution in [3.8, 4) is 22.6 Å². The molecule has 0 radical (unpaired) electrons. The molecule has 27 heavy (non-hydrogen) atoms. The molecule has 0 aliphatic carbocycles. The van der Waals surface area contributed by atoms with Crippen LogP contribution in [-0.4, -0.2) is 62.5 Å². The van der Waals surface area contributed by atoms with Gasteiger partial charge in [-0.3, -0.25) is 14.9 Å². The Balaban J connectivity index is 1.59. The minimum absolute atomic E-state index is 0.809. The number of ether oxygens (including phenoxy) is 1. The van der Waals surface area contributed by atoms with Gasteiger partial charge in [-0.05, 0) is 49.2 Å². The number of hydrogen-bond acceptors (Lipinski definition) is 6. The Kier molecular flexibility index (Phi) is 5.22. The summed E-state index contributed by atoms with van der Waals surface area (Å²) in [5.41, 5.74) is 4.06. The molecule has 1 aliphatic heterocycles. The van der Waals surface area contributed by atoms with E-state index in [0.717, 1.165) is 73.6 Å². The highest BCUT2D eigenvalue weighted by atomic mass is 16.5. The predicted octanol–water partition coefficient (Wildman–Crippen LogP) is 2.35. The Labute approximate surface area is 159 Å². The second-order valence-electron chi connectivity index (χ2n) is 6.79. The summed E-state index contributed by atoms with van der Waals surface area (Å²) in [6, 6.07) is 8.18. The van der Waals surface area contributed by atoms with Gasteiger partial charge in [-0.2, -0.15) is 0 Å². The molecule has 140 valence electrons. The number of rotatable bonds is 5. The lowest BCUT2D eigenvalue weighted by Gasteiger charge is -2.26. The van der Waals surface area contributed by atoms with Crippen LogP contribution >= 0.6 is 0 Å². The Morgan fingerprint density at radius 2 is 1.67 bits per heavy atom. The van der Waals surface area contributed by atoms with Gasteiger partial charge in [0.15, 0.2) is 5.82 Å². The monoisotopic (exact) mass is 364 g/mol. The van der Waals surface area contributed by atoms with Gasteiger partial charge in [-0.25, -0.2) is 0 Å². The van der Waals surface area contributed by atoms with E-state index in [0.29, 0.717) is 0 Å². The van der Waals surface area contributed by atoms with Crippen LogP contribution in [0.15, 0.2) is 36.7 Å². The maximum atomic E-state index is 5.43. The summed E-state index contributed by atoms with van der Waals surface area (Å²) in [6.07, 6.45) is 3.66. The lowest BCUT2D eigenvalue weighted by Crippen LogP contribution is -2.38. The molecule has 0 spiro atoms. The van der Waals surface area contributed by atoms with Crippen molar-refractivity contribution in [2.45, 2.75) is 20.4 Å². The highest BCUT2D eigenvalue weighted by molar-refractivity contribution is 5.68. The molecular formula is C20H24N6O. The minimum Gasteiger partial charge on any atom is -0.379 e. The van der Waals surface area contributed by atoms with Crippen LogP contribution in [0.2, 0.25) is 0 Å². The molecule has 7 nitrogen and oxygen atoms in total.